The molecule has 0 radical (unpaired) electrons. The molecular weight excluding hydrogens is 306 g/mol. The minimum absolute atomic E-state index is 0.150. The summed E-state index contributed by atoms with van der Waals surface area (Å²) in [4.78, 5) is 10.1. The molecule has 22 heavy (non-hydrogen) atoms. The number of phenols is 1. The molecule has 2 aromatic rings. The normalized spacial score (nSPS) is 10.9. The number of phenolic OH excluding ortho intramolecular Hbond substituents is 1. The third-order valence-corrected chi connectivity index (χ3v) is 3.27. The van der Waals surface area contributed by atoms with Gasteiger partial charge in [-0.2, -0.15) is 5.10 Å². The molecule has 6 nitrogen and oxygen atoms in total. The lowest BCUT2D eigenvalue weighted by Gasteiger charge is -2.06. The molecule has 0 saturated carbocycles. The molecule has 0 heterocycles. The summed E-state index contributed by atoms with van der Waals surface area (Å²) in [5.74, 6) is -0.472. The maximum absolute atomic E-state index is 10.8. The Labute approximate surface area is 132 Å². The second kappa shape index (κ2) is 6.44. The van der Waals surface area contributed by atoms with Crippen molar-refractivity contribution in [1.29, 1.82) is 0 Å². The number of rotatable bonds is 4. The first-order valence-corrected chi connectivity index (χ1v) is 6.79. The average Bonchev–Trinajstić information content (AvgIpc) is 2.44. The fraction of sp³-hybridized carbons (Fsp3) is 0.133. The van der Waals surface area contributed by atoms with E-state index < -0.39 is 16.4 Å². The van der Waals surface area contributed by atoms with Gasteiger partial charge in [0.15, 0.2) is 0 Å². The van der Waals surface area contributed by atoms with Crippen molar-refractivity contribution in [2.45, 2.75) is 13.8 Å². The number of hydrazone groups is 1. The molecule has 7 heteroatoms. The van der Waals surface area contributed by atoms with Gasteiger partial charge in [0.2, 0.25) is 5.75 Å². The number of aryl methyl sites for hydroxylation is 2. The maximum Gasteiger partial charge on any atom is 0.312 e. The van der Waals surface area contributed by atoms with Crippen LogP contribution in [0.4, 0.5) is 11.4 Å². The number of hydrogen-bond acceptors (Lipinski definition) is 5. The number of nitro benzene ring substituents is 1. The molecule has 0 atom stereocenters. The van der Waals surface area contributed by atoms with Crippen molar-refractivity contribution in [3.63, 3.8) is 0 Å². The zero-order valence-electron chi connectivity index (χ0n) is 12.0. The van der Waals surface area contributed by atoms with Gasteiger partial charge in [-0.05, 0) is 31.5 Å². The second-order valence-electron chi connectivity index (χ2n) is 4.81. The lowest BCUT2D eigenvalue weighted by Crippen LogP contribution is -1.96. The van der Waals surface area contributed by atoms with Crippen LogP contribution >= 0.6 is 11.6 Å². The summed E-state index contributed by atoms with van der Waals surface area (Å²) in [7, 11) is 0. The molecule has 0 bridgehead atoms. The Morgan fingerprint density at radius 3 is 2.68 bits per heavy atom. The van der Waals surface area contributed by atoms with Crippen molar-refractivity contribution in [2.75, 3.05) is 5.43 Å². The molecule has 0 aliphatic rings. The highest BCUT2D eigenvalue weighted by atomic mass is 35.5. The van der Waals surface area contributed by atoms with E-state index in [1.54, 1.807) is 0 Å². The highest BCUT2D eigenvalue weighted by molar-refractivity contribution is 6.31. The minimum Gasteiger partial charge on any atom is -0.502 e. The van der Waals surface area contributed by atoms with Gasteiger partial charge < -0.3 is 5.11 Å². The van der Waals surface area contributed by atoms with Gasteiger partial charge in [0.1, 0.15) is 0 Å². The zero-order valence-corrected chi connectivity index (χ0v) is 12.8. The van der Waals surface area contributed by atoms with Crippen LogP contribution in [0.3, 0.4) is 0 Å². The molecule has 0 fully saturated rings. The van der Waals surface area contributed by atoms with Crippen LogP contribution in [0.25, 0.3) is 0 Å². The first kappa shape index (κ1) is 15.8. The first-order valence-electron chi connectivity index (χ1n) is 6.41. The number of nitro groups is 1. The largest absolute Gasteiger partial charge is 0.502 e. The summed E-state index contributed by atoms with van der Waals surface area (Å²) in [5.41, 5.74) is 5.49. The zero-order chi connectivity index (χ0) is 16.3. The number of nitrogens with one attached hydrogen (secondary N) is 1. The van der Waals surface area contributed by atoms with E-state index in [4.69, 9.17) is 11.6 Å². The van der Waals surface area contributed by atoms with E-state index in [0.717, 1.165) is 22.9 Å². The fourth-order valence-electron chi connectivity index (χ4n) is 1.95. The van der Waals surface area contributed by atoms with Crippen LogP contribution in [0.1, 0.15) is 16.7 Å². The Hall–Kier alpha value is -2.60. The lowest BCUT2D eigenvalue weighted by atomic mass is 10.1. The minimum atomic E-state index is -0.698. The third-order valence-electron chi connectivity index (χ3n) is 3.05. The maximum atomic E-state index is 10.8. The Morgan fingerprint density at radius 2 is 2.05 bits per heavy atom. The van der Waals surface area contributed by atoms with E-state index in [9.17, 15) is 15.2 Å². The van der Waals surface area contributed by atoms with Crippen LogP contribution in [0.5, 0.6) is 5.75 Å². The number of aromatic hydroxyl groups is 1. The summed E-state index contributed by atoms with van der Waals surface area (Å²) in [5, 5.41) is 24.8. The number of nitrogens with zero attached hydrogens (tertiary/aromatic N) is 2. The van der Waals surface area contributed by atoms with E-state index in [2.05, 4.69) is 10.5 Å². The first-order chi connectivity index (χ1) is 10.4. The average molecular weight is 320 g/mol. The molecule has 0 aliphatic carbocycles. The van der Waals surface area contributed by atoms with Crippen LogP contribution < -0.4 is 5.43 Å². The van der Waals surface area contributed by atoms with E-state index in [0.29, 0.717) is 0 Å². The molecule has 0 unspecified atom stereocenters. The predicted molar refractivity (Wildman–Crippen MR) is 86.9 cm³/mol. The molecule has 0 amide bonds. The van der Waals surface area contributed by atoms with Crippen LogP contribution in [0.15, 0.2) is 35.4 Å². The summed E-state index contributed by atoms with van der Waals surface area (Å²) in [6.45, 7) is 3.93. The van der Waals surface area contributed by atoms with Crippen molar-refractivity contribution in [3.8, 4) is 5.75 Å². The smallest absolute Gasteiger partial charge is 0.312 e. The van der Waals surface area contributed by atoms with Gasteiger partial charge in [-0.3, -0.25) is 15.5 Å². The summed E-state index contributed by atoms with van der Waals surface area (Å²) >= 11 is 5.81. The molecule has 2 N–H and O–H groups in total. The van der Waals surface area contributed by atoms with Gasteiger partial charge in [-0.15, -0.1) is 0 Å². The van der Waals surface area contributed by atoms with Crippen molar-refractivity contribution in [1.82, 2.24) is 0 Å². The van der Waals surface area contributed by atoms with E-state index in [1.165, 1.54) is 12.3 Å². The van der Waals surface area contributed by atoms with Crippen molar-refractivity contribution < 1.29 is 10.0 Å². The monoisotopic (exact) mass is 319 g/mol. The van der Waals surface area contributed by atoms with E-state index in [-0.39, 0.29) is 10.6 Å². The highest BCUT2D eigenvalue weighted by Gasteiger charge is 2.17. The van der Waals surface area contributed by atoms with Gasteiger partial charge in [0.25, 0.3) is 0 Å². The Morgan fingerprint density at radius 1 is 1.32 bits per heavy atom. The highest BCUT2D eigenvalue weighted by Crippen LogP contribution is 2.32. The van der Waals surface area contributed by atoms with Crippen molar-refractivity contribution in [3.05, 3.63) is 62.2 Å². The Balaban J connectivity index is 2.25. The number of hydrogen-bond donors (Lipinski definition) is 2. The molecule has 114 valence electrons. The Bertz CT molecular complexity index is 760. The summed E-state index contributed by atoms with van der Waals surface area (Å²) in [6, 6.07) is 8.30. The molecule has 2 rings (SSSR count). The topological polar surface area (TPSA) is 87.8 Å². The van der Waals surface area contributed by atoms with Gasteiger partial charge >= 0.3 is 5.69 Å². The van der Waals surface area contributed by atoms with Crippen LogP contribution in [-0.4, -0.2) is 16.2 Å². The molecule has 0 saturated heterocycles. The molecule has 2 aromatic carbocycles. The van der Waals surface area contributed by atoms with Crippen LogP contribution in [-0.2, 0) is 0 Å². The number of halogens is 1. The standard InChI is InChI=1S/C15H14ClN3O3/c1-9-3-4-13(10(2)5-9)18-17-8-11-6-12(16)7-14(15(11)20)19(21)22/h3-8,18,20H,1-2H3/b17-8+. The van der Waals surface area contributed by atoms with E-state index >= 15 is 0 Å². The van der Waals surface area contributed by atoms with Gasteiger partial charge in [-0.25, -0.2) is 0 Å². The molecule has 0 spiro atoms. The quantitative estimate of drug-likeness (QED) is 0.506. The SMILES string of the molecule is Cc1ccc(N/N=C/c2cc(Cl)cc([N+](=O)[O-])c2O)c(C)c1. The van der Waals surface area contributed by atoms with E-state index in [1.807, 2.05) is 32.0 Å². The predicted octanol–water partition coefficient (Wildman–Crippen LogP) is 4.02. The third kappa shape index (κ3) is 3.53. The summed E-state index contributed by atoms with van der Waals surface area (Å²) in [6.07, 6.45) is 1.29. The number of benzene rings is 2. The fourth-order valence-corrected chi connectivity index (χ4v) is 2.17. The Kier molecular flexibility index (Phi) is 4.62. The lowest BCUT2D eigenvalue weighted by molar-refractivity contribution is -0.385. The molecule has 0 aliphatic heterocycles. The van der Waals surface area contributed by atoms with Gasteiger partial charge in [0, 0.05) is 16.7 Å². The van der Waals surface area contributed by atoms with Crippen molar-refractivity contribution in [2.24, 2.45) is 5.10 Å². The second-order valence-corrected chi connectivity index (χ2v) is 5.24. The van der Waals surface area contributed by atoms with Crippen LogP contribution in [0, 0.1) is 24.0 Å². The summed E-state index contributed by atoms with van der Waals surface area (Å²) < 4.78 is 0. The van der Waals surface area contributed by atoms with Gasteiger partial charge in [0.05, 0.1) is 16.8 Å². The molecule has 0 aromatic heterocycles. The van der Waals surface area contributed by atoms with Gasteiger partial charge in [-0.1, -0.05) is 29.3 Å². The van der Waals surface area contributed by atoms with Crippen LogP contribution in [0.2, 0.25) is 5.02 Å². The molecular formula is C15H14ClN3O3. The number of anilines is 1. The van der Waals surface area contributed by atoms with Crippen molar-refractivity contribution >= 4 is 29.2 Å².